The van der Waals surface area contributed by atoms with E-state index in [0.717, 1.165) is 64.2 Å². The molecule has 0 aromatic carbocycles. The Bertz CT molecular complexity index is 1150. The summed E-state index contributed by atoms with van der Waals surface area (Å²) in [5.74, 6) is -0.857. The second-order valence-corrected chi connectivity index (χ2v) is 21.7. The molecular weight excluding hydrogens is 877 g/mol. The molecule has 0 heterocycles. The first-order valence-corrected chi connectivity index (χ1v) is 31.8. The van der Waals surface area contributed by atoms with Gasteiger partial charge in [0.15, 0.2) is 6.10 Å². The minimum Gasteiger partial charge on any atom is -0.462 e. The number of hydrogen-bond donors (Lipinski definition) is 0. The maximum Gasteiger partial charge on any atom is 0.306 e. The molecule has 0 saturated carbocycles. The maximum absolute atomic E-state index is 12.8. The molecule has 71 heavy (non-hydrogen) atoms. The predicted molar refractivity (Wildman–Crippen MR) is 307 cm³/mol. The minimum absolute atomic E-state index is 0.0693. The number of hydrogen-bond acceptors (Lipinski definition) is 6. The molecule has 1 unspecified atom stereocenters. The van der Waals surface area contributed by atoms with E-state index in [2.05, 4.69) is 45.1 Å². The van der Waals surface area contributed by atoms with Crippen LogP contribution in [0.2, 0.25) is 0 Å². The van der Waals surface area contributed by atoms with Crippen LogP contribution in [0.25, 0.3) is 0 Å². The standard InChI is InChI=1S/C65H122O6/c1-4-7-10-13-16-19-22-24-25-26-27-28-29-30-31-32-33-34-35-36-37-38-39-41-43-46-49-52-55-58-64(67)70-61-62(60-69-63(66)57-54-51-48-45-42-21-18-15-12-9-6-3)71-65(68)59-56-53-50-47-44-40-23-20-17-14-11-8-5-2/h20,23,26-27,62H,4-19,21-22,24-25,28-61H2,1-3H3/b23-20-,27-26-. The van der Waals surface area contributed by atoms with Gasteiger partial charge in [0.25, 0.3) is 0 Å². The summed E-state index contributed by atoms with van der Waals surface area (Å²) in [5.41, 5.74) is 0. The normalized spacial score (nSPS) is 12.1. The van der Waals surface area contributed by atoms with Crippen LogP contribution in [0.3, 0.4) is 0 Å². The Hall–Kier alpha value is -2.11. The first-order chi connectivity index (χ1) is 35.0. The van der Waals surface area contributed by atoms with Gasteiger partial charge in [0, 0.05) is 19.3 Å². The number of carbonyl (C=O) groups is 3. The largest absolute Gasteiger partial charge is 0.462 e. The molecule has 418 valence electrons. The smallest absolute Gasteiger partial charge is 0.306 e. The summed E-state index contributed by atoms with van der Waals surface area (Å²) in [7, 11) is 0. The first kappa shape index (κ1) is 68.9. The van der Waals surface area contributed by atoms with Gasteiger partial charge < -0.3 is 14.2 Å². The lowest BCUT2D eigenvalue weighted by atomic mass is 10.0. The summed E-state index contributed by atoms with van der Waals surface area (Å²) in [4.78, 5) is 38.1. The Kier molecular flexibility index (Phi) is 58.6. The number of rotatable bonds is 59. The predicted octanol–water partition coefficient (Wildman–Crippen LogP) is 21.4. The molecule has 0 saturated heterocycles. The number of esters is 3. The van der Waals surface area contributed by atoms with E-state index in [-0.39, 0.29) is 31.1 Å². The van der Waals surface area contributed by atoms with Gasteiger partial charge in [-0.3, -0.25) is 14.4 Å². The number of carbonyl (C=O) groups excluding carboxylic acids is 3. The Morgan fingerprint density at radius 3 is 0.718 bits per heavy atom. The van der Waals surface area contributed by atoms with Gasteiger partial charge in [0.05, 0.1) is 0 Å². The van der Waals surface area contributed by atoms with Gasteiger partial charge >= 0.3 is 17.9 Å². The van der Waals surface area contributed by atoms with Crippen LogP contribution < -0.4 is 0 Å². The van der Waals surface area contributed by atoms with Crippen molar-refractivity contribution in [3.8, 4) is 0 Å². The molecule has 0 fully saturated rings. The molecule has 0 aromatic rings. The fourth-order valence-electron chi connectivity index (χ4n) is 9.61. The van der Waals surface area contributed by atoms with Crippen LogP contribution in [-0.2, 0) is 28.6 Å². The van der Waals surface area contributed by atoms with Crippen LogP contribution in [0.15, 0.2) is 24.3 Å². The third kappa shape index (κ3) is 58.7. The van der Waals surface area contributed by atoms with Gasteiger partial charge in [0.2, 0.25) is 0 Å². The van der Waals surface area contributed by atoms with E-state index in [9.17, 15) is 14.4 Å². The van der Waals surface area contributed by atoms with Crippen molar-refractivity contribution in [2.24, 2.45) is 0 Å². The molecule has 0 N–H and O–H groups in total. The zero-order chi connectivity index (χ0) is 51.4. The minimum atomic E-state index is -0.770. The van der Waals surface area contributed by atoms with Crippen molar-refractivity contribution < 1.29 is 28.6 Å². The first-order valence-electron chi connectivity index (χ1n) is 31.8. The Balaban J connectivity index is 4.09. The van der Waals surface area contributed by atoms with Gasteiger partial charge in [-0.05, 0) is 70.6 Å². The highest BCUT2D eigenvalue weighted by Crippen LogP contribution is 2.17. The van der Waals surface area contributed by atoms with Gasteiger partial charge in [0.1, 0.15) is 13.2 Å². The molecule has 0 spiro atoms. The summed E-state index contributed by atoms with van der Waals surface area (Å²) in [6.07, 6.45) is 72.0. The zero-order valence-corrected chi connectivity index (χ0v) is 48.0. The van der Waals surface area contributed by atoms with Crippen LogP contribution in [0.5, 0.6) is 0 Å². The highest BCUT2D eigenvalue weighted by atomic mass is 16.6. The van der Waals surface area contributed by atoms with Crippen molar-refractivity contribution in [3.05, 3.63) is 24.3 Å². The van der Waals surface area contributed by atoms with Crippen LogP contribution in [0.1, 0.15) is 355 Å². The van der Waals surface area contributed by atoms with Gasteiger partial charge in [-0.25, -0.2) is 0 Å². The second kappa shape index (κ2) is 60.4. The molecule has 6 heteroatoms. The van der Waals surface area contributed by atoms with Gasteiger partial charge in [-0.1, -0.05) is 289 Å². The maximum atomic E-state index is 12.8. The van der Waals surface area contributed by atoms with Crippen molar-refractivity contribution in [2.75, 3.05) is 13.2 Å². The average Bonchev–Trinajstić information content (AvgIpc) is 3.37. The molecule has 0 bridgehead atoms. The van der Waals surface area contributed by atoms with E-state index < -0.39 is 6.10 Å². The van der Waals surface area contributed by atoms with E-state index in [1.54, 1.807) is 0 Å². The van der Waals surface area contributed by atoms with Crippen molar-refractivity contribution in [3.63, 3.8) is 0 Å². The quantitative estimate of drug-likeness (QED) is 0.0261. The van der Waals surface area contributed by atoms with E-state index in [0.29, 0.717) is 19.3 Å². The van der Waals surface area contributed by atoms with Crippen LogP contribution >= 0.6 is 0 Å². The van der Waals surface area contributed by atoms with Crippen LogP contribution in [-0.4, -0.2) is 37.2 Å². The van der Waals surface area contributed by atoms with Crippen molar-refractivity contribution >= 4 is 17.9 Å². The topological polar surface area (TPSA) is 78.9 Å². The molecular formula is C65H122O6. The molecule has 0 rings (SSSR count). The van der Waals surface area contributed by atoms with Crippen LogP contribution in [0.4, 0.5) is 0 Å². The average molecular weight is 1000 g/mol. The van der Waals surface area contributed by atoms with Gasteiger partial charge in [-0.15, -0.1) is 0 Å². The Morgan fingerprint density at radius 1 is 0.268 bits per heavy atom. The molecule has 0 aliphatic rings. The van der Waals surface area contributed by atoms with Crippen molar-refractivity contribution in [2.45, 2.75) is 361 Å². The number of ether oxygens (including phenoxy) is 3. The summed E-state index contributed by atoms with van der Waals surface area (Å²) in [6.45, 7) is 6.66. The number of unbranched alkanes of at least 4 members (excludes halogenated alkanes) is 44. The van der Waals surface area contributed by atoms with Crippen molar-refractivity contribution in [1.29, 1.82) is 0 Å². The molecule has 0 aliphatic heterocycles. The lowest BCUT2D eigenvalue weighted by Gasteiger charge is -2.18. The summed E-state index contributed by atoms with van der Waals surface area (Å²) < 4.78 is 16.9. The van der Waals surface area contributed by atoms with E-state index >= 15 is 0 Å². The van der Waals surface area contributed by atoms with E-state index in [1.807, 2.05) is 0 Å². The lowest BCUT2D eigenvalue weighted by molar-refractivity contribution is -0.167. The molecule has 0 radical (unpaired) electrons. The Morgan fingerprint density at radius 2 is 0.465 bits per heavy atom. The highest BCUT2D eigenvalue weighted by Gasteiger charge is 2.19. The molecule has 0 aromatic heterocycles. The highest BCUT2D eigenvalue weighted by molar-refractivity contribution is 5.71. The third-order valence-electron chi connectivity index (χ3n) is 14.4. The van der Waals surface area contributed by atoms with E-state index in [1.165, 1.54) is 250 Å². The fraction of sp³-hybridized carbons (Fsp3) is 0.892. The lowest BCUT2D eigenvalue weighted by Crippen LogP contribution is -2.30. The van der Waals surface area contributed by atoms with Crippen LogP contribution in [0, 0.1) is 0 Å². The Labute approximate surface area is 443 Å². The molecule has 0 amide bonds. The molecule has 1 atom stereocenters. The summed E-state index contributed by atoms with van der Waals surface area (Å²) in [6, 6.07) is 0. The van der Waals surface area contributed by atoms with E-state index in [4.69, 9.17) is 14.2 Å². The molecule has 6 nitrogen and oxygen atoms in total. The monoisotopic (exact) mass is 999 g/mol. The van der Waals surface area contributed by atoms with Crippen molar-refractivity contribution in [1.82, 2.24) is 0 Å². The van der Waals surface area contributed by atoms with Gasteiger partial charge in [-0.2, -0.15) is 0 Å². The summed E-state index contributed by atoms with van der Waals surface area (Å²) in [5, 5.41) is 0. The second-order valence-electron chi connectivity index (χ2n) is 21.7. The molecule has 0 aliphatic carbocycles. The zero-order valence-electron chi connectivity index (χ0n) is 48.0. The number of allylic oxidation sites excluding steroid dienone is 4. The summed E-state index contributed by atoms with van der Waals surface area (Å²) >= 11 is 0. The third-order valence-corrected chi connectivity index (χ3v) is 14.4. The fourth-order valence-corrected chi connectivity index (χ4v) is 9.61. The SMILES string of the molecule is CCCCCC/C=C\CCCCCCCC(=O)OC(COC(=O)CCCCCCCCCCCCC)COC(=O)CCCCCCCCCCCCCCCCCCC/C=C\CCCCCCCCCC.